The molecule has 21 heavy (non-hydrogen) atoms. The van der Waals surface area contributed by atoms with Gasteiger partial charge in [-0.15, -0.1) is 0 Å². The van der Waals surface area contributed by atoms with E-state index in [-0.39, 0.29) is 0 Å². The molecule has 1 saturated carbocycles. The molecule has 0 radical (unpaired) electrons. The average molecular weight is 480 g/mol. The maximum absolute atomic E-state index is 5.66. The van der Waals surface area contributed by atoms with Crippen LogP contribution in [0.3, 0.4) is 0 Å². The lowest BCUT2D eigenvalue weighted by Crippen LogP contribution is -2.07. The highest BCUT2D eigenvalue weighted by Gasteiger charge is 2.30. The van der Waals surface area contributed by atoms with Crippen molar-refractivity contribution in [3.05, 3.63) is 25.4 Å². The van der Waals surface area contributed by atoms with E-state index >= 15 is 0 Å². The SMILES string of the molecule is CCCNc1nc(-c2cc(Br)c(Br)o2)nc(C2CC2)c1Br. The molecule has 1 aliphatic rings. The number of nitrogens with one attached hydrogen (secondary N) is 1. The molecular formula is C14H14Br3N3O. The number of aromatic nitrogens is 2. The summed E-state index contributed by atoms with van der Waals surface area (Å²) in [5.74, 6) is 2.64. The minimum absolute atomic E-state index is 0.533. The molecule has 0 atom stereocenters. The highest BCUT2D eigenvalue weighted by Crippen LogP contribution is 2.44. The van der Waals surface area contributed by atoms with E-state index in [0.29, 0.717) is 22.2 Å². The second-order valence-electron chi connectivity index (χ2n) is 5.03. The molecule has 0 aromatic carbocycles. The van der Waals surface area contributed by atoms with Gasteiger partial charge in [0.2, 0.25) is 0 Å². The van der Waals surface area contributed by atoms with Crippen LogP contribution >= 0.6 is 47.8 Å². The Hall–Kier alpha value is -0.400. The van der Waals surface area contributed by atoms with Crippen LogP contribution in [0.25, 0.3) is 11.6 Å². The van der Waals surface area contributed by atoms with Gasteiger partial charge in [0.1, 0.15) is 5.82 Å². The van der Waals surface area contributed by atoms with E-state index in [1.165, 1.54) is 12.8 Å². The Morgan fingerprint density at radius 3 is 2.62 bits per heavy atom. The Balaban J connectivity index is 2.05. The summed E-state index contributed by atoms with van der Waals surface area (Å²) in [6, 6.07) is 1.88. The van der Waals surface area contributed by atoms with Gasteiger partial charge in [-0.3, -0.25) is 0 Å². The van der Waals surface area contributed by atoms with Crippen LogP contribution in [-0.2, 0) is 0 Å². The summed E-state index contributed by atoms with van der Waals surface area (Å²) in [6.45, 7) is 3.01. The van der Waals surface area contributed by atoms with Gasteiger partial charge in [-0.2, -0.15) is 0 Å². The maximum Gasteiger partial charge on any atom is 0.198 e. The van der Waals surface area contributed by atoms with Crippen molar-refractivity contribution in [1.29, 1.82) is 0 Å². The van der Waals surface area contributed by atoms with E-state index < -0.39 is 0 Å². The Bertz CT molecular complexity index is 648. The summed E-state index contributed by atoms with van der Waals surface area (Å²) in [6.07, 6.45) is 3.42. The van der Waals surface area contributed by atoms with Crippen LogP contribution in [0.2, 0.25) is 0 Å². The summed E-state index contributed by atoms with van der Waals surface area (Å²) in [7, 11) is 0. The number of hydrogen-bond acceptors (Lipinski definition) is 4. The zero-order valence-electron chi connectivity index (χ0n) is 11.4. The van der Waals surface area contributed by atoms with Crippen molar-refractivity contribution in [1.82, 2.24) is 9.97 Å². The molecule has 2 aromatic rings. The third kappa shape index (κ3) is 3.35. The second kappa shape index (κ2) is 6.38. The highest BCUT2D eigenvalue weighted by atomic mass is 79.9. The molecule has 0 spiro atoms. The van der Waals surface area contributed by atoms with Crippen molar-refractivity contribution in [3.8, 4) is 11.6 Å². The lowest BCUT2D eigenvalue weighted by atomic mass is 10.2. The molecule has 0 amide bonds. The first-order chi connectivity index (χ1) is 10.1. The van der Waals surface area contributed by atoms with E-state index in [9.17, 15) is 0 Å². The molecule has 4 nitrogen and oxygen atoms in total. The first-order valence-corrected chi connectivity index (χ1v) is 9.24. The smallest absolute Gasteiger partial charge is 0.198 e. The van der Waals surface area contributed by atoms with Crippen LogP contribution in [0.4, 0.5) is 5.82 Å². The van der Waals surface area contributed by atoms with Gasteiger partial charge >= 0.3 is 0 Å². The predicted molar refractivity (Wildman–Crippen MR) is 93.6 cm³/mol. The zero-order valence-corrected chi connectivity index (χ0v) is 16.2. The summed E-state index contributed by atoms with van der Waals surface area (Å²) in [5.41, 5.74) is 1.07. The molecule has 1 fully saturated rings. The van der Waals surface area contributed by atoms with Gasteiger partial charge in [0.25, 0.3) is 0 Å². The van der Waals surface area contributed by atoms with E-state index in [1.54, 1.807) is 0 Å². The van der Waals surface area contributed by atoms with Crippen molar-refractivity contribution < 1.29 is 4.42 Å². The molecule has 2 heterocycles. The molecule has 0 aliphatic heterocycles. The Labute approximate surface area is 148 Å². The Morgan fingerprint density at radius 1 is 1.29 bits per heavy atom. The van der Waals surface area contributed by atoms with Crippen molar-refractivity contribution in [2.45, 2.75) is 32.1 Å². The Morgan fingerprint density at radius 2 is 2.05 bits per heavy atom. The molecule has 1 N–H and O–H groups in total. The predicted octanol–water partition coefficient (Wildman–Crippen LogP) is 5.72. The van der Waals surface area contributed by atoms with Gasteiger partial charge in [-0.25, -0.2) is 9.97 Å². The molecule has 0 bridgehead atoms. The zero-order chi connectivity index (χ0) is 15.0. The molecule has 2 aromatic heterocycles. The topological polar surface area (TPSA) is 51.0 Å². The van der Waals surface area contributed by atoms with Gasteiger partial charge in [-0.05, 0) is 67.1 Å². The molecule has 112 valence electrons. The number of nitrogens with zero attached hydrogens (tertiary/aromatic N) is 2. The number of furan rings is 1. The van der Waals surface area contributed by atoms with Crippen molar-refractivity contribution in [2.24, 2.45) is 0 Å². The normalized spacial score (nSPS) is 14.5. The van der Waals surface area contributed by atoms with Crippen LogP contribution in [0.5, 0.6) is 0 Å². The van der Waals surface area contributed by atoms with E-state index in [4.69, 9.17) is 9.40 Å². The van der Waals surface area contributed by atoms with Gasteiger partial charge in [0.05, 0.1) is 14.6 Å². The summed E-state index contributed by atoms with van der Waals surface area (Å²) in [4.78, 5) is 9.30. The molecule has 7 heteroatoms. The largest absolute Gasteiger partial charge is 0.445 e. The molecular weight excluding hydrogens is 466 g/mol. The van der Waals surface area contributed by atoms with Gasteiger partial charge in [-0.1, -0.05) is 6.92 Å². The van der Waals surface area contributed by atoms with Crippen LogP contribution in [-0.4, -0.2) is 16.5 Å². The first kappa shape index (κ1) is 15.5. The number of hydrogen-bond donors (Lipinski definition) is 1. The van der Waals surface area contributed by atoms with Gasteiger partial charge < -0.3 is 9.73 Å². The number of rotatable bonds is 5. The molecule has 0 unspecified atom stereocenters. The summed E-state index contributed by atoms with van der Waals surface area (Å²) < 4.78 is 8.15. The fourth-order valence-electron chi connectivity index (χ4n) is 2.02. The van der Waals surface area contributed by atoms with Crippen molar-refractivity contribution in [3.63, 3.8) is 0 Å². The maximum atomic E-state index is 5.66. The number of anilines is 1. The monoisotopic (exact) mass is 477 g/mol. The average Bonchev–Trinajstić information content (AvgIpc) is 3.24. The quantitative estimate of drug-likeness (QED) is 0.595. The third-order valence-electron chi connectivity index (χ3n) is 3.25. The molecule has 1 aliphatic carbocycles. The second-order valence-corrected chi connectivity index (χ2v) is 7.40. The lowest BCUT2D eigenvalue weighted by Gasteiger charge is -2.11. The fourth-order valence-corrected chi connectivity index (χ4v) is 3.24. The van der Waals surface area contributed by atoms with Crippen LogP contribution < -0.4 is 5.32 Å². The van der Waals surface area contributed by atoms with E-state index in [0.717, 1.165) is 33.4 Å². The van der Waals surface area contributed by atoms with Crippen molar-refractivity contribution >= 4 is 53.6 Å². The van der Waals surface area contributed by atoms with Gasteiger partial charge in [0.15, 0.2) is 16.3 Å². The first-order valence-electron chi connectivity index (χ1n) is 6.86. The lowest BCUT2D eigenvalue weighted by molar-refractivity contribution is 0.549. The standard InChI is InChI=1S/C14H14Br3N3O/c1-2-5-18-14-10(16)11(7-3-4-7)19-13(20-14)9-6-8(15)12(17)21-9/h6-7H,2-5H2,1H3,(H,18,19,20). The van der Waals surface area contributed by atoms with E-state index in [1.807, 2.05) is 6.07 Å². The van der Waals surface area contributed by atoms with Crippen LogP contribution in [0, 0.1) is 0 Å². The number of halogens is 3. The van der Waals surface area contributed by atoms with E-state index in [2.05, 4.69) is 65.0 Å². The highest BCUT2D eigenvalue weighted by molar-refractivity contribution is 9.13. The minimum Gasteiger partial charge on any atom is -0.445 e. The minimum atomic E-state index is 0.533. The summed E-state index contributed by atoms with van der Waals surface area (Å²) >= 11 is 10.4. The van der Waals surface area contributed by atoms with Crippen LogP contribution in [0.15, 0.2) is 24.1 Å². The fraction of sp³-hybridized carbons (Fsp3) is 0.429. The molecule has 3 rings (SSSR count). The van der Waals surface area contributed by atoms with Crippen LogP contribution in [0.1, 0.15) is 37.8 Å². The Kier molecular flexibility index (Phi) is 4.71. The van der Waals surface area contributed by atoms with Crippen molar-refractivity contribution in [2.75, 3.05) is 11.9 Å². The van der Waals surface area contributed by atoms with Gasteiger partial charge in [0, 0.05) is 18.5 Å². The third-order valence-corrected chi connectivity index (χ3v) is 5.74. The molecule has 0 saturated heterocycles. The summed E-state index contributed by atoms with van der Waals surface area (Å²) in [5, 5.41) is 3.35.